The van der Waals surface area contributed by atoms with Gasteiger partial charge in [0, 0.05) is 5.69 Å². The van der Waals surface area contributed by atoms with Crippen molar-refractivity contribution in [3.8, 4) is 0 Å². The molecule has 0 bridgehead atoms. The fraction of sp³-hybridized carbons (Fsp3) is 0.250. The van der Waals surface area contributed by atoms with Crippen molar-refractivity contribution in [1.29, 1.82) is 0 Å². The Morgan fingerprint density at radius 3 is 2.40 bits per heavy atom. The molecule has 2 aromatic rings. The third kappa shape index (κ3) is 3.45. The highest BCUT2D eigenvalue weighted by Gasteiger charge is 2.10. The number of halogens is 1. The molecule has 2 nitrogen and oxygen atoms in total. The highest BCUT2D eigenvalue weighted by Crippen LogP contribution is 2.21. The molecule has 0 fully saturated rings. The molecule has 4 heteroatoms. The molecule has 0 saturated heterocycles. The third-order valence-corrected chi connectivity index (χ3v) is 4.60. The van der Waals surface area contributed by atoms with Crippen LogP contribution >= 0.6 is 0 Å². The van der Waals surface area contributed by atoms with Gasteiger partial charge in [-0.2, -0.15) is 0 Å². The topological polar surface area (TPSA) is 43.1 Å². The van der Waals surface area contributed by atoms with E-state index < -0.39 is 16.6 Å². The Kier molecular flexibility index (Phi) is 4.55. The summed E-state index contributed by atoms with van der Waals surface area (Å²) in [6, 6.07) is 12.0. The van der Waals surface area contributed by atoms with Crippen LogP contribution in [-0.2, 0) is 16.6 Å². The molecule has 0 aromatic heterocycles. The molecule has 1 atom stereocenters. The normalized spacial score (nSPS) is 12.6. The van der Waals surface area contributed by atoms with Crippen LogP contribution in [0.2, 0.25) is 0 Å². The first-order chi connectivity index (χ1) is 9.47. The van der Waals surface area contributed by atoms with Crippen molar-refractivity contribution in [3.05, 3.63) is 59.4 Å². The van der Waals surface area contributed by atoms with Crippen molar-refractivity contribution in [1.82, 2.24) is 0 Å². The Morgan fingerprint density at radius 1 is 1.15 bits per heavy atom. The van der Waals surface area contributed by atoms with E-state index in [2.05, 4.69) is 13.8 Å². The smallest absolute Gasteiger partial charge is 0.124 e. The van der Waals surface area contributed by atoms with Crippen LogP contribution in [0.3, 0.4) is 0 Å². The van der Waals surface area contributed by atoms with Crippen LogP contribution in [0.5, 0.6) is 0 Å². The van der Waals surface area contributed by atoms with Crippen molar-refractivity contribution >= 4 is 16.5 Å². The zero-order valence-corrected chi connectivity index (χ0v) is 12.4. The lowest BCUT2D eigenvalue weighted by atomic mass is 10.0. The van der Waals surface area contributed by atoms with Crippen LogP contribution < -0.4 is 5.73 Å². The van der Waals surface area contributed by atoms with E-state index >= 15 is 0 Å². The van der Waals surface area contributed by atoms with Gasteiger partial charge in [-0.05, 0) is 35.2 Å². The SMILES string of the molecule is CC(C)c1ccc(CS(=O)c2cc(F)ccc2N)cc1. The number of hydrogen-bond acceptors (Lipinski definition) is 2. The second-order valence-corrected chi connectivity index (χ2v) is 6.49. The molecule has 0 aliphatic heterocycles. The molecule has 106 valence electrons. The van der Waals surface area contributed by atoms with E-state index in [1.165, 1.54) is 23.8 Å². The maximum absolute atomic E-state index is 13.2. The molecule has 0 heterocycles. The summed E-state index contributed by atoms with van der Waals surface area (Å²) in [5, 5.41) is 0. The predicted octanol–water partition coefficient (Wildman–Crippen LogP) is 3.84. The Morgan fingerprint density at radius 2 is 1.80 bits per heavy atom. The molecule has 2 rings (SSSR count). The molecule has 2 N–H and O–H groups in total. The Balaban J connectivity index is 2.17. The Hall–Kier alpha value is -1.68. The highest BCUT2D eigenvalue weighted by atomic mass is 32.2. The molecule has 0 saturated carbocycles. The summed E-state index contributed by atoms with van der Waals surface area (Å²) in [4.78, 5) is 0.359. The summed E-state index contributed by atoms with van der Waals surface area (Å²) in [5.74, 6) is 0.387. The second-order valence-electron chi connectivity index (χ2n) is 5.07. The monoisotopic (exact) mass is 291 g/mol. The van der Waals surface area contributed by atoms with Gasteiger partial charge in [0.2, 0.25) is 0 Å². The van der Waals surface area contributed by atoms with Crippen LogP contribution in [-0.4, -0.2) is 4.21 Å². The first kappa shape index (κ1) is 14.7. The van der Waals surface area contributed by atoms with Gasteiger partial charge in [-0.25, -0.2) is 4.39 Å². The standard InChI is InChI=1S/C16H18FNOS/c1-11(2)13-5-3-12(4-6-13)10-20(19)16-9-14(17)7-8-15(16)18/h3-9,11H,10,18H2,1-2H3. The van der Waals surface area contributed by atoms with Crippen molar-refractivity contribution < 1.29 is 8.60 Å². The number of benzene rings is 2. The molecule has 0 radical (unpaired) electrons. The number of nitrogens with two attached hydrogens (primary N) is 1. The van der Waals surface area contributed by atoms with Gasteiger partial charge >= 0.3 is 0 Å². The zero-order valence-electron chi connectivity index (χ0n) is 11.6. The summed E-state index contributed by atoms with van der Waals surface area (Å²) in [5.41, 5.74) is 8.31. The number of hydrogen-bond donors (Lipinski definition) is 1. The fourth-order valence-corrected chi connectivity index (χ4v) is 3.16. The fourth-order valence-electron chi connectivity index (χ4n) is 1.93. The van der Waals surface area contributed by atoms with E-state index in [1.807, 2.05) is 24.3 Å². The average Bonchev–Trinajstić information content (AvgIpc) is 2.42. The molecule has 1 unspecified atom stereocenters. The summed E-state index contributed by atoms with van der Waals surface area (Å²) < 4.78 is 25.5. The highest BCUT2D eigenvalue weighted by molar-refractivity contribution is 7.84. The van der Waals surface area contributed by atoms with Gasteiger partial charge in [-0.3, -0.25) is 4.21 Å². The van der Waals surface area contributed by atoms with Crippen LogP contribution in [0.25, 0.3) is 0 Å². The van der Waals surface area contributed by atoms with E-state index in [-0.39, 0.29) is 0 Å². The van der Waals surface area contributed by atoms with Gasteiger partial charge in [0.05, 0.1) is 21.4 Å². The van der Waals surface area contributed by atoms with Gasteiger partial charge in [0.1, 0.15) is 5.82 Å². The van der Waals surface area contributed by atoms with E-state index in [4.69, 9.17) is 5.73 Å². The van der Waals surface area contributed by atoms with Crippen LogP contribution in [0.15, 0.2) is 47.4 Å². The van der Waals surface area contributed by atoms with Crippen molar-refractivity contribution in [2.45, 2.75) is 30.4 Å². The van der Waals surface area contributed by atoms with Crippen molar-refractivity contribution in [3.63, 3.8) is 0 Å². The molecule has 0 amide bonds. The van der Waals surface area contributed by atoms with Crippen LogP contribution in [0, 0.1) is 5.82 Å². The van der Waals surface area contributed by atoms with Crippen LogP contribution in [0.1, 0.15) is 30.9 Å². The van der Waals surface area contributed by atoms with Gasteiger partial charge in [0.25, 0.3) is 0 Å². The first-order valence-electron chi connectivity index (χ1n) is 6.49. The Labute approximate surface area is 121 Å². The minimum absolute atomic E-state index is 0.339. The summed E-state index contributed by atoms with van der Waals surface area (Å²) in [6.07, 6.45) is 0. The maximum Gasteiger partial charge on any atom is 0.124 e. The van der Waals surface area contributed by atoms with E-state index in [0.29, 0.717) is 22.3 Å². The maximum atomic E-state index is 13.2. The Bertz CT molecular complexity index is 623. The second kappa shape index (κ2) is 6.18. The van der Waals surface area contributed by atoms with Gasteiger partial charge in [0.15, 0.2) is 0 Å². The largest absolute Gasteiger partial charge is 0.398 e. The van der Waals surface area contributed by atoms with Gasteiger partial charge < -0.3 is 5.73 Å². The predicted molar refractivity (Wildman–Crippen MR) is 81.5 cm³/mol. The average molecular weight is 291 g/mol. The molecule has 2 aromatic carbocycles. The summed E-state index contributed by atoms with van der Waals surface area (Å²) >= 11 is 0. The molecular formula is C16H18FNOS. The number of anilines is 1. The van der Waals surface area contributed by atoms with Gasteiger partial charge in [-0.1, -0.05) is 38.1 Å². The number of nitrogen functional groups attached to an aromatic ring is 1. The van der Waals surface area contributed by atoms with Crippen molar-refractivity contribution in [2.24, 2.45) is 0 Å². The lowest BCUT2D eigenvalue weighted by Gasteiger charge is -2.08. The molecular weight excluding hydrogens is 273 g/mol. The quantitative estimate of drug-likeness (QED) is 0.870. The van der Waals surface area contributed by atoms with Crippen molar-refractivity contribution in [2.75, 3.05) is 5.73 Å². The molecule has 20 heavy (non-hydrogen) atoms. The first-order valence-corrected chi connectivity index (χ1v) is 7.81. The number of rotatable bonds is 4. The van der Waals surface area contributed by atoms with E-state index in [1.54, 1.807) is 0 Å². The van der Waals surface area contributed by atoms with E-state index in [0.717, 1.165) is 5.56 Å². The zero-order chi connectivity index (χ0) is 14.7. The minimum Gasteiger partial charge on any atom is -0.398 e. The molecule has 0 aliphatic rings. The van der Waals surface area contributed by atoms with Gasteiger partial charge in [-0.15, -0.1) is 0 Å². The summed E-state index contributed by atoms with van der Waals surface area (Å²) in [6.45, 7) is 4.25. The lowest BCUT2D eigenvalue weighted by Crippen LogP contribution is -2.02. The molecule has 0 spiro atoms. The third-order valence-electron chi connectivity index (χ3n) is 3.17. The lowest BCUT2D eigenvalue weighted by molar-refractivity contribution is 0.623. The van der Waals surface area contributed by atoms with E-state index in [9.17, 15) is 8.60 Å². The summed E-state index contributed by atoms with van der Waals surface area (Å²) in [7, 11) is -1.34. The van der Waals surface area contributed by atoms with Crippen LogP contribution in [0.4, 0.5) is 10.1 Å². The molecule has 0 aliphatic carbocycles. The minimum atomic E-state index is -1.34.